The van der Waals surface area contributed by atoms with E-state index in [1.165, 1.54) is 24.3 Å². The lowest BCUT2D eigenvalue weighted by Gasteiger charge is -2.31. The molecule has 0 radical (unpaired) electrons. The van der Waals surface area contributed by atoms with Crippen LogP contribution < -0.4 is 5.73 Å². The number of rotatable bonds is 13. The summed E-state index contributed by atoms with van der Waals surface area (Å²) in [6, 6.07) is 1.66. The van der Waals surface area contributed by atoms with Gasteiger partial charge in [-0.05, 0) is 70.2 Å². The summed E-state index contributed by atoms with van der Waals surface area (Å²) < 4.78 is 34.1. The van der Waals surface area contributed by atoms with E-state index in [0.29, 0.717) is 24.1 Å². The molecule has 3 rings (SSSR count). The summed E-state index contributed by atoms with van der Waals surface area (Å²) in [7, 11) is 0. The number of alkyl halides is 2. The molecule has 0 aromatic carbocycles. The smallest absolute Gasteiger partial charge is 0.272 e. The fourth-order valence-electron chi connectivity index (χ4n) is 5.07. The van der Waals surface area contributed by atoms with E-state index in [4.69, 9.17) is 10.2 Å². The van der Waals surface area contributed by atoms with Gasteiger partial charge in [-0.15, -0.1) is 0 Å². The zero-order valence-electron chi connectivity index (χ0n) is 21.6. The Hall–Kier alpha value is -3.00. The zero-order chi connectivity index (χ0) is 26.5. The Bertz CT molecular complexity index is 1090. The number of nitrogens with two attached hydrogens (primary N) is 1. The Balaban J connectivity index is 1.78. The number of carbonyl (C=O) groups is 1. The molecule has 1 aromatic heterocycles. The number of fused-ring (bicyclic) bond motifs is 1. The third kappa shape index (κ3) is 5.86. The highest BCUT2D eigenvalue weighted by Gasteiger charge is 2.42. The minimum Gasteiger partial charge on any atom is -0.509 e. The normalized spacial score (nSPS) is 19.0. The molecule has 0 spiro atoms. The number of nitrogens with zero attached hydrogens (tertiary/aromatic N) is 2. The van der Waals surface area contributed by atoms with Gasteiger partial charge in [0.25, 0.3) is 5.92 Å². The van der Waals surface area contributed by atoms with Gasteiger partial charge in [-0.2, -0.15) is 0 Å². The molecule has 6 nitrogen and oxygen atoms in total. The molecular weight excluding hydrogens is 464 g/mol. The topological polar surface area (TPSA) is 92.1 Å². The van der Waals surface area contributed by atoms with Crippen LogP contribution in [0.5, 0.6) is 0 Å². The van der Waals surface area contributed by atoms with Crippen LogP contribution in [0.15, 0.2) is 69.0 Å². The molecular formula is C28H37F2N3O3. The van der Waals surface area contributed by atoms with Crippen LogP contribution in [-0.2, 0) is 4.79 Å². The first-order valence-corrected chi connectivity index (χ1v) is 12.7. The van der Waals surface area contributed by atoms with Gasteiger partial charge in [0.15, 0.2) is 5.78 Å². The summed E-state index contributed by atoms with van der Waals surface area (Å²) in [5, 5.41) is 10.9. The molecule has 8 heteroatoms. The van der Waals surface area contributed by atoms with Gasteiger partial charge >= 0.3 is 0 Å². The highest BCUT2D eigenvalue weighted by molar-refractivity contribution is 6.15. The van der Waals surface area contributed by atoms with Gasteiger partial charge in [-0.3, -0.25) is 4.79 Å². The fourth-order valence-corrected chi connectivity index (χ4v) is 5.07. The lowest BCUT2D eigenvalue weighted by Crippen LogP contribution is -2.28. The minimum absolute atomic E-state index is 0.0225. The molecule has 2 unspecified atom stereocenters. The third-order valence-corrected chi connectivity index (χ3v) is 6.89. The Labute approximate surface area is 211 Å². The van der Waals surface area contributed by atoms with Crippen LogP contribution in [-0.4, -0.2) is 47.1 Å². The van der Waals surface area contributed by atoms with Crippen molar-refractivity contribution in [1.29, 1.82) is 0 Å². The maximum absolute atomic E-state index is 14.5. The highest BCUT2D eigenvalue weighted by atomic mass is 19.3. The summed E-state index contributed by atoms with van der Waals surface area (Å²) in [6.07, 6.45) is 10.3. The summed E-state index contributed by atoms with van der Waals surface area (Å²) in [4.78, 5) is 19.6. The number of hydrogen-bond acceptors (Lipinski definition) is 6. The highest BCUT2D eigenvalue weighted by Crippen LogP contribution is 2.41. The Kier molecular flexibility index (Phi) is 9.06. The van der Waals surface area contributed by atoms with Crippen LogP contribution in [0.25, 0.3) is 5.57 Å². The first-order valence-electron chi connectivity index (χ1n) is 12.7. The van der Waals surface area contributed by atoms with Crippen molar-refractivity contribution in [3.63, 3.8) is 0 Å². The number of ketones is 1. The lowest BCUT2D eigenvalue weighted by molar-refractivity contribution is -0.115. The summed E-state index contributed by atoms with van der Waals surface area (Å²) in [5.41, 5.74) is 7.79. The van der Waals surface area contributed by atoms with Gasteiger partial charge in [-0.1, -0.05) is 12.2 Å². The quantitative estimate of drug-likeness (QED) is 0.343. The molecule has 1 aliphatic heterocycles. The zero-order valence-corrected chi connectivity index (χ0v) is 21.6. The molecule has 2 aliphatic rings. The van der Waals surface area contributed by atoms with Gasteiger partial charge in [0.1, 0.15) is 11.5 Å². The SMILES string of the molecule is C/C=C(/C(CCN)CCCC(=O)C1=C(O)C2C=C(c3ccoc3)C=C(C(C)(F)F)C2=N1)N(CC)CC. The van der Waals surface area contributed by atoms with Crippen molar-refractivity contribution in [3.05, 3.63) is 65.1 Å². The largest absolute Gasteiger partial charge is 0.509 e. The molecule has 2 atom stereocenters. The van der Waals surface area contributed by atoms with Gasteiger partial charge in [0, 0.05) is 43.3 Å². The maximum Gasteiger partial charge on any atom is 0.272 e. The number of allylic oxidation sites excluding steroid dienone is 7. The second-order valence-corrected chi connectivity index (χ2v) is 9.26. The molecule has 0 amide bonds. The first kappa shape index (κ1) is 27.6. The van der Waals surface area contributed by atoms with Gasteiger partial charge in [-0.25, -0.2) is 13.8 Å². The van der Waals surface area contributed by atoms with E-state index in [9.17, 15) is 18.7 Å². The molecule has 196 valence electrons. The predicted octanol–water partition coefficient (Wildman–Crippen LogP) is 6.05. The number of aliphatic hydroxyl groups excluding tert-OH is 1. The van der Waals surface area contributed by atoms with Gasteiger partial charge in [0.05, 0.1) is 24.2 Å². The second-order valence-electron chi connectivity index (χ2n) is 9.26. The summed E-state index contributed by atoms with van der Waals surface area (Å²) in [5.74, 6) is -4.48. The van der Waals surface area contributed by atoms with Crippen molar-refractivity contribution in [2.45, 2.75) is 59.3 Å². The van der Waals surface area contributed by atoms with Crippen LogP contribution in [0.1, 0.15) is 58.9 Å². The molecule has 0 saturated heterocycles. The molecule has 0 bridgehead atoms. The van der Waals surface area contributed by atoms with Crippen molar-refractivity contribution in [2.75, 3.05) is 19.6 Å². The molecule has 36 heavy (non-hydrogen) atoms. The Morgan fingerprint density at radius 1 is 1.33 bits per heavy atom. The average molecular weight is 502 g/mol. The summed E-state index contributed by atoms with van der Waals surface area (Å²) >= 11 is 0. The Morgan fingerprint density at radius 2 is 2.06 bits per heavy atom. The lowest BCUT2D eigenvalue weighted by atomic mass is 9.84. The number of carbonyl (C=O) groups excluding carboxylic acids is 1. The number of aliphatic imine (C=N–C) groups is 1. The molecule has 0 saturated carbocycles. The van der Waals surface area contributed by atoms with Crippen molar-refractivity contribution in [1.82, 2.24) is 4.90 Å². The molecule has 1 aliphatic carbocycles. The number of hydrogen-bond donors (Lipinski definition) is 2. The van der Waals surface area contributed by atoms with E-state index < -0.39 is 11.8 Å². The van der Waals surface area contributed by atoms with Crippen molar-refractivity contribution >= 4 is 17.1 Å². The predicted molar refractivity (Wildman–Crippen MR) is 139 cm³/mol. The van der Waals surface area contributed by atoms with Gasteiger partial charge < -0.3 is 20.2 Å². The number of furan rings is 1. The van der Waals surface area contributed by atoms with E-state index in [1.54, 1.807) is 12.1 Å². The van der Waals surface area contributed by atoms with E-state index in [0.717, 1.165) is 32.9 Å². The van der Waals surface area contributed by atoms with Crippen molar-refractivity contribution in [3.8, 4) is 0 Å². The fraction of sp³-hybridized carbons (Fsp3) is 0.500. The standard InChI is InChI=1S/C28H37F2N3O3/c1-5-23(33(6-2)7-3)18(11-13-31)9-8-10-24(34)26-27(35)21-15-20(19-12-14-36-17-19)16-22(25(21)32-26)28(4,29)30/h5,12,14-18,21,35H,6-11,13,31H2,1-4H3/b23-5-. The first-order chi connectivity index (χ1) is 17.2. The van der Waals surface area contributed by atoms with E-state index >= 15 is 0 Å². The Morgan fingerprint density at radius 3 is 2.61 bits per heavy atom. The monoisotopic (exact) mass is 501 g/mol. The second kappa shape index (κ2) is 11.8. The minimum atomic E-state index is -3.19. The molecule has 3 N–H and O–H groups in total. The van der Waals surface area contributed by atoms with Crippen LogP contribution in [0.2, 0.25) is 0 Å². The molecule has 2 heterocycles. The molecule has 0 fully saturated rings. The van der Waals surface area contributed by atoms with Crippen LogP contribution in [0, 0.1) is 11.8 Å². The van der Waals surface area contributed by atoms with E-state index in [-0.39, 0.29) is 40.9 Å². The van der Waals surface area contributed by atoms with E-state index in [2.05, 4.69) is 29.8 Å². The van der Waals surface area contributed by atoms with Gasteiger partial charge in [0.2, 0.25) is 0 Å². The number of aliphatic hydroxyl groups is 1. The number of halogens is 2. The maximum atomic E-state index is 14.5. The third-order valence-electron chi connectivity index (χ3n) is 6.89. The van der Waals surface area contributed by atoms with Crippen LogP contribution in [0.3, 0.4) is 0 Å². The van der Waals surface area contributed by atoms with Crippen LogP contribution >= 0.6 is 0 Å². The molecule has 1 aromatic rings. The van der Waals surface area contributed by atoms with Crippen molar-refractivity contribution < 1.29 is 23.1 Å². The van der Waals surface area contributed by atoms with Crippen LogP contribution in [0.4, 0.5) is 8.78 Å². The average Bonchev–Trinajstić information content (AvgIpc) is 3.49. The van der Waals surface area contributed by atoms with Crippen molar-refractivity contribution in [2.24, 2.45) is 22.6 Å². The van der Waals surface area contributed by atoms with E-state index in [1.807, 2.05) is 6.92 Å². The number of Topliss-reactive ketones (excluding diaryl/α,β-unsaturated/α-hetero) is 1. The summed E-state index contributed by atoms with van der Waals surface area (Å²) in [6.45, 7) is 9.35.